The maximum atomic E-state index is 12.1. The number of hydrogen-bond acceptors (Lipinski definition) is 5. The van der Waals surface area contributed by atoms with Gasteiger partial charge in [-0.1, -0.05) is 25.1 Å². The number of Topliss-reactive ketones (excluding diaryl/α,β-unsaturated/α-hetero) is 1. The molecule has 23 heavy (non-hydrogen) atoms. The zero-order chi connectivity index (χ0) is 17.0. The maximum absolute atomic E-state index is 12.1. The minimum absolute atomic E-state index is 0.0122. The molecule has 1 atom stereocenters. The minimum atomic E-state index is -0.988. The van der Waals surface area contributed by atoms with Crippen LogP contribution in [0.5, 0.6) is 0 Å². The number of hydrogen-bond donors (Lipinski definition) is 1. The number of rotatable bonds is 7. The molecule has 0 bridgehead atoms. The van der Waals surface area contributed by atoms with Gasteiger partial charge in [0, 0.05) is 12.3 Å². The van der Waals surface area contributed by atoms with Gasteiger partial charge in [0.2, 0.25) is 0 Å². The van der Waals surface area contributed by atoms with Crippen LogP contribution in [0.15, 0.2) is 18.2 Å². The first-order valence-electron chi connectivity index (χ1n) is 7.43. The van der Waals surface area contributed by atoms with Crippen molar-refractivity contribution >= 4 is 11.8 Å². The number of nitrogens with zero attached hydrogens (tertiary/aromatic N) is 4. The molecule has 1 heterocycles. The Labute approximate surface area is 134 Å². The molecule has 0 aliphatic carbocycles. The van der Waals surface area contributed by atoms with Crippen molar-refractivity contribution < 1.29 is 14.7 Å². The van der Waals surface area contributed by atoms with Crippen LogP contribution in [0.3, 0.4) is 0 Å². The maximum Gasteiger partial charge on any atom is 0.304 e. The van der Waals surface area contributed by atoms with Crippen LogP contribution >= 0.6 is 0 Å². The standard InChI is InChI=1S/C16H20N4O3/c1-10-5-4-6-11(2)13(10)8-15-17-18-19-20(15)9-14(21)12(3)7-16(22)23/h4-6,12H,7-9H2,1-3H3,(H,22,23). The first-order valence-corrected chi connectivity index (χ1v) is 7.43. The average molecular weight is 316 g/mol. The summed E-state index contributed by atoms with van der Waals surface area (Å²) >= 11 is 0. The monoisotopic (exact) mass is 316 g/mol. The molecule has 7 nitrogen and oxygen atoms in total. The molecule has 0 aliphatic rings. The Morgan fingerprint density at radius 2 is 1.91 bits per heavy atom. The number of tetrazole rings is 1. The number of ketones is 1. The zero-order valence-electron chi connectivity index (χ0n) is 13.5. The fraction of sp³-hybridized carbons (Fsp3) is 0.438. The quantitative estimate of drug-likeness (QED) is 0.832. The largest absolute Gasteiger partial charge is 0.481 e. The Hall–Kier alpha value is -2.57. The molecule has 2 aromatic rings. The van der Waals surface area contributed by atoms with E-state index >= 15 is 0 Å². The summed E-state index contributed by atoms with van der Waals surface area (Å²) < 4.78 is 1.45. The molecule has 0 spiro atoms. The van der Waals surface area contributed by atoms with Crippen LogP contribution in [-0.4, -0.2) is 37.1 Å². The van der Waals surface area contributed by atoms with Gasteiger partial charge in [-0.3, -0.25) is 9.59 Å². The lowest BCUT2D eigenvalue weighted by Crippen LogP contribution is -2.22. The summed E-state index contributed by atoms with van der Waals surface area (Å²) in [6.07, 6.45) is 0.347. The van der Waals surface area contributed by atoms with E-state index in [1.807, 2.05) is 32.0 Å². The van der Waals surface area contributed by atoms with Crippen molar-refractivity contribution in [1.29, 1.82) is 0 Å². The van der Waals surface area contributed by atoms with Crippen molar-refractivity contribution in [3.63, 3.8) is 0 Å². The molecule has 0 saturated heterocycles. The summed E-state index contributed by atoms with van der Waals surface area (Å²) in [4.78, 5) is 22.8. The highest BCUT2D eigenvalue weighted by atomic mass is 16.4. The van der Waals surface area contributed by atoms with Crippen molar-refractivity contribution in [3.8, 4) is 0 Å². The van der Waals surface area contributed by atoms with Gasteiger partial charge in [0.25, 0.3) is 0 Å². The summed E-state index contributed by atoms with van der Waals surface area (Å²) in [6, 6.07) is 6.04. The third kappa shape index (κ3) is 4.21. The molecule has 1 N–H and O–H groups in total. The summed E-state index contributed by atoms with van der Waals surface area (Å²) in [7, 11) is 0. The van der Waals surface area contributed by atoms with Gasteiger partial charge in [-0.05, 0) is 41.0 Å². The van der Waals surface area contributed by atoms with Gasteiger partial charge < -0.3 is 5.11 Å². The van der Waals surface area contributed by atoms with E-state index in [2.05, 4.69) is 15.5 Å². The molecule has 0 saturated carbocycles. The van der Waals surface area contributed by atoms with Crippen molar-refractivity contribution in [1.82, 2.24) is 20.2 Å². The van der Waals surface area contributed by atoms with Crippen molar-refractivity contribution in [3.05, 3.63) is 40.7 Å². The molecule has 0 radical (unpaired) electrons. The zero-order valence-corrected chi connectivity index (χ0v) is 13.5. The molecule has 1 aromatic carbocycles. The molecule has 0 fully saturated rings. The van der Waals surface area contributed by atoms with E-state index in [0.717, 1.165) is 16.7 Å². The second kappa shape index (κ2) is 7.13. The van der Waals surface area contributed by atoms with E-state index in [0.29, 0.717) is 12.2 Å². The fourth-order valence-electron chi connectivity index (χ4n) is 2.44. The van der Waals surface area contributed by atoms with Gasteiger partial charge in [-0.2, -0.15) is 0 Å². The van der Waals surface area contributed by atoms with Crippen molar-refractivity contribution in [2.45, 2.75) is 40.2 Å². The highest BCUT2D eigenvalue weighted by molar-refractivity contribution is 5.84. The molecule has 1 unspecified atom stereocenters. The second-order valence-corrected chi connectivity index (χ2v) is 5.77. The number of carboxylic acids is 1. The van der Waals surface area contributed by atoms with Gasteiger partial charge in [0.1, 0.15) is 6.54 Å². The van der Waals surface area contributed by atoms with E-state index in [1.54, 1.807) is 6.92 Å². The highest BCUT2D eigenvalue weighted by Gasteiger charge is 2.19. The van der Waals surface area contributed by atoms with Crippen LogP contribution < -0.4 is 0 Å². The summed E-state index contributed by atoms with van der Waals surface area (Å²) in [5.74, 6) is -1.15. The van der Waals surface area contributed by atoms with E-state index in [1.165, 1.54) is 4.68 Å². The lowest BCUT2D eigenvalue weighted by molar-refractivity contribution is -0.140. The lowest BCUT2D eigenvalue weighted by atomic mass is 9.99. The lowest BCUT2D eigenvalue weighted by Gasteiger charge is -2.11. The Bertz CT molecular complexity index is 704. The topological polar surface area (TPSA) is 98.0 Å². The SMILES string of the molecule is Cc1cccc(C)c1Cc1nnnn1CC(=O)C(C)CC(=O)O. The summed E-state index contributed by atoms with van der Waals surface area (Å²) in [5, 5.41) is 20.3. The molecule has 2 rings (SSSR count). The second-order valence-electron chi connectivity index (χ2n) is 5.77. The predicted octanol–water partition coefficient (Wildman–Crippen LogP) is 1.56. The van der Waals surface area contributed by atoms with E-state index in [-0.39, 0.29) is 18.7 Å². The van der Waals surface area contributed by atoms with Crippen LogP contribution in [-0.2, 0) is 22.6 Å². The molecular weight excluding hydrogens is 296 g/mol. The Kier molecular flexibility index (Phi) is 5.20. The molecule has 1 aromatic heterocycles. The molecule has 7 heteroatoms. The number of carbonyl (C=O) groups is 2. The van der Waals surface area contributed by atoms with Crippen molar-refractivity contribution in [2.24, 2.45) is 5.92 Å². The number of aryl methyl sites for hydroxylation is 2. The first kappa shape index (κ1) is 16.8. The van der Waals surface area contributed by atoms with Crippen LogP contribution in [0.2, 0.25) is 0 Å². The van der Waals surface area contributed by atoms with Gasteiger partial charge in [-0.15, -0.1) is 5.10 Å². The Morgan fingerprint density at radius 1 is 1.26 bits per heavy atom. The third-order valence-electron chi connectivity index (χ3n) is 3.92. The summed E-state index contributed by atoms with van der Waals surface area (Å²) in [5.41, 5.74) is 3.42. The predicted molar refractivity (Wildman–Crippen MR) is 83.0 cm³/mol. The van der Waals surface area contributed by atoms with Gasteiger partial charge in [0.05, 0.1) is 6.42 Å². The van der Waals surface area contributed by atoms with Gasteiger partial charge >= 0.3 is 5.97 Å². The highest BCUT2D eigenvalue weighted by Crippen LogP contribution is 2.17. The Morgan fingerprint density at radius 3 is 2.52 bits per heavy atom. The van der Waals surface area contributed by atoms with Crippen LogP contribution in [0.1, 0.15) is 35.9 Å². The third-order valence-corrected chi connectivity index (χ3v) is 3.92. The Balaban J connectivity index is 2.14. The first-order chi connectivity index (χ1) is 10.9. The minimum Gasteiger partial charge on any atom is -0.481 e. The van der Waals surface area contributed by atoms with Gasteiger partial charge in [-0.25, -0.2) is 4.68 Å². The molecule has 0 aliphatic heterocycles. The van der Waals surface area contributed by atoms with E-state index < -0.39 is 11.9 Å². The number of carboxylic acid groups (broad SMARTS) is 1. The molecular formula is C16H20N4O3. The number of aliphatic carboxylic acids is 1. The normalized spacial score (nSPS) is 12.1. The van der Waals surface area contributed by atoms with Gasteiger partial charge in [0.15, 0.2) is 11.6 Å². The average Bonchev–Trinajstić information content (AvgIpc) is 2.89. The van der Waals surface area contributed by atoms with Crippen LogP contribution in [0.25, 0.3) is 0 Å². The van der Waals surface area contributed by atoms with Crippen LogP contribution in [0, 0.1) is 19.8 Å². The van der Waals surface area contributed by atoms with Crippen molar-refractivity contribution in [2.75, 3.05) is 0 Å². The smallest absolute Gasteiger partial charge is 0.304 e. The molecule has 0 amide bonds. The summed E-state index contributed by atoms with van der Waals surface area (Å²) in [6.45, 7) is 5.64. The fourth-order valence-corrected chi connectivity index (χ4v) is 2.44. The molecule has 122 valence electrons. The number of benzene rings is 1. The van der Waals surface area contributed by atoms with E-state index in [4.69, 9.17) is 5.11 Å². The number of carbonyl (C=O) groups excluding carboxylic acids is 1. The van der Waals surface area contributed by atoms with E-state index in [9.17, 15) is 9.59 Å². The number of aromatic nitrogens is 4. The van der Waals surface area contributed by atoms with Crippen LogP contribution in [0.4, 0.5) is 0 Å².